The molecule has 1 unspecified atom stereocenters. The van der Waals surface area contributed by atoms with Gasteiger partial charge in [0.15, 0.2) is 0 Å². The minimum absolute atomic E-state index is 0. The van der Waals surface area contributed by atoms with Crippen LogP contribution in [-0.4, -0.2) is 24.0 Å². The van der Waals surface area contributed by atoms with E-state index in [1.165, 1.54) is 6.07 Å². The van der Waals surface area contributed by atoms with Gasteiger partial charge >= 0.3 is 0 Å². The summed E-state index contributed by atoms with van der Waals surface area (Å²) in [6, 6.07) is 5.16. The minimum atomic E-state index is -0.211. The second kappa shape index (κ2) is 7.44. The highest BCUT2D eigenvalue weighted by molar-refractivity contribution is 6.30. The SMILES string of the molecule is CC(N)C1CCN(Cc2ccc(Cl)cc2F)CC1.Cl. The lowest BCUT2D eigenvalue weighted by atomic mass is 9.91. The molecule has 0 aliphatic carbocycles. The summed E-state index contributed by atoms with van der Waals surface area (Å²) in [4.78, 5) is 2.28. The number of rotatable bonds is 3. The van der Waals surface area contributed by atoms with Crippen LogP contribution in [0.1, 0.15) is 25.3 Å². The van der Waals surface area contributed by atoms with Crippen LogP contribution in [0, 0.1) is 11.7 Å². The number of nitrogens with zero attached hydrogens (tertiary/aromatic N) is 1. The molecule has 5 heteroatoms. The van der Waals surface area contributed by atoms with Gasteiger partial charge in [-0.3, -0.25) is 4.90 Å². The van der Waals surface area contributed by atoms with E-state index in [1.807, 2.05) is 0 Å². The highest BCUT2D eigenvalue weighted by Crippen LogP contribution is 2.22. The summed E-state index contributed by atoms with van der Waals surface area (Å²) in [5.74, 6) is 0.396. The fraction of sp³-hybridized carbons (Fsp3) is 0.571. The Morgan fingerprint density at radius 2 is 2.05 bits per heavy atom. The van der Waals surface area contributed by atoms with Crippen molar-refractivity contribution in [3.63, 3.8) is 0 Å². The normalized spacial score (nSPS) is 18.9. The van der Waals surface area contributed by atoms with Crippen LogP contribution in [0.2, 0.25) is 5.02 Å². The van der Waals surface area contributed by atoms with E-state index in [0.717, 1.165) is 31.5 Å². The lowest BCUT2D eigenvalue weighted by Crippen LogP contribution is -2.39. The van der Waals surface area contributed by atoms with Gasteiger partial charge in [0.05, 0.1) is 0 Å². The molecule has 0 radical (unpaired) electrons. The first-order valence-corrected chi connectivity index (χ1v) is 6.86. The van der Waals surface area contributed by atoms with Gasteiger partial charge in [-0.15, -0.1) is 12.4 Å². The average molecular weight is 307 g/mol. The van der Waals surface area contributed by atoms with Crippen molar-refractivity contribution in [1.82, 2.24) is 4.90 Å². The monoisotopic (exact) mass is 306 g/mol. The van der Waals surface area contributed by atoms with Gasteiger partial charge in [-0.05, 0) is 50.9 Å². The molecule has 1 aliphatic rings. The van der Waals surface area contributed by atoms with Gasteiger partial charge in [0.2, 0.25) is 0 Å². The van der Waals surface area contributed by atoms with Gasteiger partial charge < -0.3 is 5.73 Å². The van der Waals surface area contributed by atoms with Crippen LogP contribution in [0.4, 0.5) is 4.39 Å². The maximum absolute atomic E-state index is 13.7. The zero-order valence-corrected chi connectivity index (χ0v) is 12.7. The van der Waals surface area contributed by atoms with E-state index in [2.05, 4.69) is 11.8 Å². The number of halogens is 3. The van der Waals surface area contributed by atoms with Crippen molar-refractivity contribution in [2.75, 3.05) is 13.1 Å². The summed E-state index contributed by atoms with van der Waals surface area (Å²) < 4.78 is 13.7. The molecule has 0 saturated carbocycles. The van der Waals surface area contributed by atoms with E-state index in [1.54, 1.807) is 12.1 Å². The lowest BCUT2D eigenvalue weighted by Gasteiger charge is -2.33. The van der Waals surface area contributed by atoms with Crippen molar-refractivity contribution in [1.29, 1.82) is 0 Å². The molecule has 1 atom stereocenters. The van der Waals surface area contributed by atoms with Crippen LogP contribution in [-0.2, 0) is 6.54 Å². The van der Waals surface area contributed by atoms with Crippen molar-refractivity contribution in [2.45, 2.75) is 32.4 Å². The summed E-state index contributed by atoms with van der Waals surface area (Å²) >= 11 is 5.75. The molecule has 1 aromatic carbocycles. The summed E-state index contributed by atoms with van der Waals surface area (Å²) in [6.07, 6.45) is 2.21. The fourth-order valence-electron chi connectivity index (χ4n) is 2.53. The largest absolute Gasteiger partial charge is 0.328 e. The Labute approximate surface area is 125 Å². The topological polar surface area (TPSA) is 29.3 Å². The Morgan fingerprint density at radius 3 is 2.58 bits per heavy atom. The van der Waals surface area contributed by atoms with Gasteiger partial charge in [-0.25, -0.2) is 4.39 Å². The number of likely N-dealkylation sites (tertiary alicyclic amines) is 1. The average Bonchev–Trinajstić information content (AvgIpc) is 2.33. The summed E-state index contributed by atoms with van der Waals surface area (Å²) in [5.41, 5.74) is 6.63. The number of piperidine rings is 1. The van der Waals surface area contributed by atoms with Crippen LogP contribution in [0.25, 0.3) is 0 Å². The Hall–Kier alpha value is -0.350. The Bertz CT molecular complexity index is 404. The molecule has 1 heterocycles. The predicted octanol–water partition coefficient (Wildman–Crippen LogP) is 3.46. The van der Waals surface area contributed by atoms with Gasteiger partial charge in [-0.1, -0.05) is 17.7 Å². The quantitative estimate of drug-likeness (QED) is 0.926. The highest BCUT2D eigenvalue weighted by atomic mass is 35.5. The molecule has 0 aromatic heterocycles. The third-order valence-corrected chi connectivity index (χ3v) is 4.02. The van der Waals surface area contributed by atoms with E-state index in [9.17, 15) is 4.39 Å². The minimum Gasteiger partial charge on any atom is -0.328 e. The molecule has 1 fully saturated rings. The molecule has 1 saturated heterocycles. The number of hydrogen-bond acceptors (Lipinski definition) is 2. The predicted molar refractivity (Wildman–Crippen MR) is 80.3 cm³/mol. The summed E-state index contributed by atoms with van der Waals surface area (Å²) in [5, 5.41) is 0.451. The third-order valence-electron chi connectivity index (χ3n) is 3.78. The van der Waals surface area contributed by atoms with Gasteiger partial charge in [0, 0.05) is 23.2 Å². The van der Waals surface area contributed by atoms with Crippen LogP contribution < -0.4 is 5.73 Å². The molecule has 2 N–H and O–H groups in total. The van der Waals surface area contributed by atoms with Crippen molar-refractivity contribution in [2.24, 2.45) is 11.7 Å². The lowest BCUT2D eigenvalue weighted by molar-refractivity contribution is 0.164. The first-order chi connectivity index (χ1) is 8.56. The maximum atomic E-state index is 13.7. The first-order valence-electron chi connectivity index (χ1n) is 6.48. The van der Waals surface area contributed by atoms with E-state index in [-0.39, 0.29) is 24.3 Å². The highest BCUT2D eigenvalue weighted by Gasteiger charge is 2.22. The molecule has 108 valence electrons. The van der Waals surface area contributed by atoms with Crippen molar-refractivity contribution in [3.8, 4) is 0 Å². The second-order valence-electron chi connectivity index (χ2n) is 5.21. The van der Waals surface area contributed by atoms with Crippen LogP contribution in [0.15, 0.2) is 18.2 Å². The van der Waals surface area contributed by atoms with E-state index in [4.69, 9.17) is 17.3 Å². The summed E-state index contributed by atoms with van der Waals surface area (Å²) in [7, 11) is 0. The number of hydrogen-bond donors (Lipinski definition) is 1. The Morgan fingerprint density at radius 1 is 1.42 bits per heavy atom. The zero-order valence-electron chi connectivity index (χ0n) is 11.1. The molecule has 0 spiro atoms. The molecular weight excluding hydrogens is 286 g/mol. The molecule has 2 rings (SSSR count). The second-order valence-corrected chi connectivity index (χ2v) is 5.64. The van der Waals surface area contributed by atoms with Gasteiger partial charge in [0.1, 0.15) is 5.82 Å². The van der Waals surface area contributed by atoms with Gasteiger partial charge in [0.25, 0.3) is 0 Å². The Balaban J connectivity index is 0.00000180. The third kappa shape index (κ3) is 4.60. The standard InChI is InChI=1S/C14H20ClFN2.ClH/c1-10(17)11-4-6-18(7-5-11)9-12-2-3-13(15)8-14(12)16;/h2-3,8,10-11H,4-7,9,17H2,1H3;1H. The molecule has 1 aromatic rings. The molecule has 1 aliphatic heterocycles. The van der Waals surface area contributed by atoms with E-state index >= 15 is 0 Å². The molecule has 2 nitrogen and oxygen atoms in total. The van der Waals surface area contributed by atoms with Crippen LogP contribution in [0.3, 0.4) is 0 Å². The molecule has 0 amide bonds. The summed E-state index contributed by atoms with van der Waals surface area (Å²) in [6.45, 7) is 4.72. The maximum Gasteiger partial charge on any atom is 0.129 e. The molecule has 19 heavy (non-hydrogen) atoms. The number of benzene rings is 1. The van der Waals surface area contributed by atoms with Crippen molar-refractivity contribution < 1.29 is 4.39 Å². The molecule has 0 bridgehead atoms. The fourth-order valence-corrected chi connectivity index (χ4v) is 2.69. The molecular formula is C14H21Cl2FN2. The van der Waals surface area contributed by atoms with Crippen molar-refractivity contribution in [3.05, 3.63) is 34.6 Å². The van der Waals surface area contributed by atoms with E-state index in [0.29, 0.717) is 17.5 Å². The Kier molecular flexibility index (Phi) is 6.54. The van der Waals surface area contributed by atoms with Crippen molar-refractivity contribution >= 4 is 24.0 Å². The smallest absolute Gasteiger partial charge is 0.129 e. The van der Waals surface area contributed by atoms with Gasteiger partial charge in [-0.2, -0.15) is 0 Å². The van der Waals surface area contributed by atoms with Crippen LogP contribution >= 0.6 is 24.0 Å². The van der Waals surface area contributed by atoms with Crippen LogP contribution in [0.5, 0.6) is 0 Å². The number of nitrogens with two attached hydrogens (primary N) is 1. The van der Waals surface area contributed by atoms with E-state index < -0.39 is 0 Å². The first kappa shape index (κ1) is 16.7. The zero-order chi connectivity index (χ0) is 13.1.